The standard InChI is InChI=1S/C10H9N3/c11-6-5-10(13)9-3-1-8(7-12)2-4-9/h1-4,10H,5,13H2. The highest BCUT2D eigenvalue weighted by atomic mass is 14.6. The van der Waals surface area contributed by atoms with Gasteiger partial charge < -0.3 is 5.73 Å². The Morgan fingerprint density at radius 1 is 1.23 bits per heavy atom. The molecule has 0 bridgehead atoms. The van der Waals surface area contributed by atoms with Gasteiger partial charge in [0.1, 0.15) is 0 Å². The van der Waals surface area contributed by atoms with Crippen LogP contribution in [0.5, 0.6) is 0 Å². The molecular weight excluding hydrogens is 162 g/mol. The van der Waals surface area contributed by atoms with Crippen molar-refractivity contribution in [2.45, 2.75) is 12.5 Å². The van der Waals surface area contributed by atoms with Crippen molar-refractivity contribution >= 4 is 0 Å². The lowest BCUT2D eigenvalue weighted by molar-refractivity contribution is 0.748. The van der Waals surface area contributed by atoms with Crippen LogP contribution in [-0.4, -0.2) is 0 Å². The molecule has 0 spiro atoms. The molecule has 1 aromatic rings. The molecule has 1 atom stereocenters. The van der Waals surface area contributed by atoms with Crippen molar-refractivity contribution in [2.24, 2.45) is 5.73 Å². The van der Waals surface area contributed by atoms with E-state index < -0.39 is 0 Å². The fraction of sp³-hybridized carbons (Fsp3) is 0.200. The third-order valence-corrected chi connectivity index (χ3v) is 1.78. The van der Waals surface area contributed by atoms with Crippen molar-refractivity contribution < 1.29 is 0 Å². The number of hydrogen-bond acceptors (Lipinski definition) is 3. The first-order valence-electron chi connectivity index (χ1n) is 3.90. The average molecular weight is 171 g/mol. The Morgan fingerprint density at radius 2 is 1.85 bits per heavy atom. The highest BCUT2D eigenvalue weighted by Gasteiger charge is 2.03. The molecule has 13 heavy (non-hydrogen) atoms. The van der Waals surface area contributed by atoms with Crippen LogP contribution in [0.25, 0.3) is 0 Å². The van der Waals surface area contributed by atoms with E-state index in [-0.39, 0.29) is 6.04 Å². The third kappa shape index (κ3) is 2.30. The van der Waals surface area contributed by atoms with E-state index in [0.717, 1.165) is 5.56 Å². The first-order chi connectivity index (χ1) is 6.27. The fourth-order valence-electron chi connectivity index (χ4n) is 1.02. The monoisotopic (exact) mass is 171 g/mol. The number of nitrogens with two attached hydrogens (primary N) is 1. The summed E-state index contributed by atoms with van der Waals surface area (Å²) in [4.78, 5) is 0. The van der Waals surface area contributed by atoms with E-state index in [4.69, 9.17) is 16.3 Å². The maximum Gasteiger partial charge on any atom is 0.0991 e. The number of benzene rings is 1. The van der Waals surface area contributed by atoms with E-state index in [0.29, 0.717) is 12.0 Å². The quantitative estimate of drug-likeness (QED) is 0.732. The largest absolute Gasteiger partial charge is 0.323 e. The summed E-state index contributed by atoms with van der Waals surface area (Å²) in [6.07, 6.45) is 0.298. The van der Waals surface area contributed by atoms with Crippen molar-refractivity contribution in [3.8, 4) is 12.1 Å². The van der Waals surface area contributed by atoms with Gasteiger partial charge in [-0.05, 0) is 17.7 Å². The molecule has 0 saturated heterocycles. The van der Waals surface area contributed by atoms with Crippen molar-refractivity contribution in [2.75, 3.05) is 0 Å². The Labute approximate surface area is 77.0 Å². The zero-order valence-electron chi connectivity index (χ0n) is 7.07. The molecule has 0 fully saturated rings. The SMILES string of the molecule is N#CCC(N)c1ccc(C#N)cc1. The lowest BCUT2D eigenvalue weighted by atomic mass is 10.0. The molecule has 64 valence electrons. The van der Waals surface area contributed by atoms with Gasteiger partial charge in [0.05, 0.1) is 24.1 Å². The van der Waals surface area contributed by atoms with E-state index in [9.17, 15) is 0 Å². The van der Waals surface area contributed by atoms with E-state index in [1.807, 2.05) is 12.1 Å². The molecule has 0 radical (unpaired) electrons. The van der Waals surface area contributed by atoms with Gasteiger partial charge in [0.2, 0.25) is 0 Å². The molecule has 3 nitrogen and oxygen atoms in total. The van der Waals surface area contributed by atoms with Crippen LogP contribution in [0.3, 0.4) is 0 Å². The van der Waals surface area contributed by atoms with E-state index in [2.05, 4.69) is 0 Å². The topological polar surface area (TPSA) is 73.6 Å². The van der Waals surface area contributed by atoms with Gasteiger partial charge in [-0.3, -0.25) is 0 Å². The van der Waals surface area contributed by atoms with Crippen molar-refractivity contribution in [1.82, 2.24) is 0 Å². The maximum absolute atomic E-state index is 8.54. The maximum atomic E-state index is 8.54. The van der Waals surface area contributed by atoms with Crippen LogP contribution in [0.1, 0.15) is 23.6 Å². The predicted octanol–water partition coefficient (Wildman–Crippen LogP) is 1.47. The van der Waals surface area contributed by atoms with Crippen LogP contribution < -0.4 is 5.73 Å². The van der Waals surface area contributed by atoms with E-state index >= 15 is 0 Å². The van der Waals surface area contributed by atoms with Crippen LogP contribution in [0, 0.1) is 22.7 Å². The minimum atomic E-state index is -0.252. The second-order valence-corrected chi connectivity index (χ2v) is 2.70. The summed E-state index contributed by atoms with van der Waals surface area (Å²) in [6.45, 7) is 0. The van der Waals surface area contributed by atoms with Crippen LogP contribution in [-0.2, 0) is 0 Å². The summed E-state index contributed by atoms with van der Waals surface area (Å²) >= 11 is 0. The smallest absolute Gasteiger partial charge is 0.0991 e. The van der Waals surface area contributed by atoms with Gasteiger partial charge >= 0.3 is 0 Å². The Morgan fingerprint density at radius 3 is 2.31 bits per heavy atom. The number of rotatable bonds is 2. The molecule has 0 aliphatic rings. The lowest BCUT2D eigenvalue weighted by Gasteiger charge is -2.06. The number of nitriles is 2. The minimum Gasteiger partial charge on any atom is -0.323 e. The summed E-state index contributed by atoms with van der Waals surface area (Å²) in [6, 6.07) is 10.7. The molecule has 0 heterocycles. The average Bonchev–Trinajstić information content (AvgIpc) is 2.18. The first-order valence-corrected chi connectivity index (χ1v) is 3.90. The van der Waals surface area contributed by atoms with Gasteiger partial charge in [0, 0.05) is 6.04 Å². The van der Waals surface area contributed by atoms with Gasteiger partial charge in [-0.2, -0.15) is 10.5 Å². The number of hydrogen-bond donors (Lipinski definition) is 1. The highest BCUT2D eigenvalue weighted by Crippen LogP contribution is 2.13. The molecule has 0 aliphatic heterocycles. The van der Waals surface area contributed by atoms with Crippen LogP contribution in [0.15, 0.2) is 24.3 Å². The summed E-state index contributed by atoms with van der Waals surface area (Å²) in [5.41, 5.74) is 7.19. The molecule has 3 heteroatoms. The summed E-state index contributed by atoms with van der Waals surface area (Å²) in [5, 5.41) is 17.0. The molecule has 2 N–H and O–H groups in total. The minimum absolute atomic E-state index is 0.252. The van der Waals surface area contributed by atoms with Crippen molar-refractivity contribution in [3.05, 3.63) is 35.4 Å². The zero-order chi connectivity index (χ0) is 9.68. The molecule has 1 unspecified atom stereocenters. The predicted molar refractivity (Wildman–Crippen MR) is 48.3 cm³/mol. The second kappa shape index (κ2) is 4.25. The van der Waals surface area contributed by atoms with Gasteiger partial charge in [-0.25, -0.2) is 0 Å². The lowest BCUT2D eigenvalue weighted by Crippen LogP contribution is -2.08. The molecule has 1 rings (SSSR count). The second-order valence-electron chi connectivity index (χ2n) is 2.70. The zero-order valence-corrected chi connectivity index (χ0v) is 7.07. The van der Waals surface area contributed by atoms with Crippen LogP contribution in [0.2, 0.25) is 0 Å². The van der Waals surface area contributed by atoms with Gasteiger partial charge in [0.25, 0.3) is 0 Å². The first kappa shape index (κ1) is 9.25. The Hall–Kier alpha value is -1.84. The number of nitrogens with zero attached hydrogens (tertiary/aromatic N) is 2. The normalized spacial score (nSPS) is 11.3. The summed E-state index contributed by atoms with van der Waals surface area (Å²) in [5.74, 6) is 0. The van der Waals surface area contributed by atoms with Crippen LogP contribution >= 0.6 is 0 Å². The molecule has 1 aromatic carbocycles. The molecule has 0 amide bonds. The van der Waals surface area contributed by atoms with E-state index in [1.165, 1.54) is 0 Å². The Balaban J connectivity index is 2.82. The molecular formula is C10H9N3. The highest BCUT2D eigenvalue weighted by molar-refractivity contribution is 5.32. The molecule has 0 aliphatic carbocycles. The molecule has 0 aromatic heterocycles. The summed E-state index contributed by atoms with van der Waals surface area (Å²) in [7, 11) is 0. The fourth-order valence-corrected chi connectivity index (χ4v) is 1.02. The Kier molecular flexibility index (Phi) is 3.03. The van der Waals surface area contributed by atoms with Crippen molar-refractivity contribution in [1.29, 1.82) is 10.5 Å². The van der Waals surface area contributed by atoms with Crippen LogP contribution in [0.4, 0.5) is 0 Å². The van der Waals surface area contributed by atoms with Crippen molar-refractivity contribution in [3.63, 3.8) is 0 Å². The van der Waals surface area contributed by atoms with E-state index in [1.54, 1.807) is 24.3 Å². The molecule has 0 saturated carbocycles. The van der Waals surface area contributed by atoms with Gasteiger partial charge in [-0.1, -0.05) is 12.1 Å². The Bertz CT molecular complexity index is 353. The third-order valence-electron chi connectivity index (χ3n) is 1.78. The van der Waals surface area contributed by atoms with Gasteiger partial charge in [0.15, 0.2) is 0 Å². The summed E-state index contributed by atoms with van der Waals surface area (Å²) < 4.78 is 0. The van der Waals surface area contributed by atoms with Gasteiger partial charge in [-0.15, -0.1) is 0 Å².